The molecular formula is C24H27ClN4O3. The van der Waals surface area contributed by atoms with Gasteiger partial charge in [0.2, 0.25) is 11.7 Å². The van der Waals surface area contributed by atoms with E-state index in [-0.39, 0.29) is 29.8 Å². The highest BCUT2D eigenvalue weighted by atomic mass is 35.5. The second kappa shape index (κ2) is 9.96. The molecule has 0 saturated heterocycles. The lowest BCUT2D eigenvalue weighted by molar-refractivity contribution is -0.122. The van der Waals surface area contributed by atoms with Gasteiger partial charge in [-0.2, -0.15) is 5.10 Å². The summed E-state index contributed by atoms with van der Waals surface area (Å²) in [5, 5.41) is 7.78. The van der Waals surface area contributed by atoms with Crippen molar-refractivity contribution >= 4 is 23.3 Å². The van der Waals surface area contributed by atoms with Crippen molar-refractivity contribution in [1.82, 2.24) is 19.7 Å². The molecule has 0 saturated carbocycles. The minimum atomic E-state index is -0.338. The number of rotatable bonds is 8. The summed E-state index contributed by atoms with van der Waals surface area (Å²) in [5.41, 5.74) is 3.17. The number of aryl methyl sites for hydroxylation is 1. The molecule has 8 heteroatoms. The monoisotopic (exact) mass is 454 g/mol. The highest BCUT2D eigenvalue weighted by Gasteiger charge is 2.19. The Morgan fingerprint density at radius 2 is 1.84 bits per heavy atom. The van der Waals surface area contributed by atoms with Gasteiger partial charge in [-0.25, -0.2) is 4.68 Å². The summed E-state index contributed by atoms with van der Waals surface area (Å²) in [4.78, 5) is 37.4. The van der Waals surface area contributed by atoms with Gasteiger partial charge in [-0.3, -0.25) is 14.4 Å². The highest BCUT2D eigenvalue weighted by Crippen LogP contribution is 2.21. The first-order valence-electron chi connectivity index (χ1n) is 10.5. The van der Waals surface area contributed by atoms with Gasteiger partial charge in [0.1, 0.15) is 6.54 Å². The van der Waals surface area contributed by atoms with Gasteiger partial charge in [0.15, 0.2) is 0 Å². The Bertz CT molecular complexity index is 1190. The lowest BCUT2D eigenvalue weighted by Crippen LogP contribution is -2.38. The van der Waals surface area contributed by atoms with E-state index in [4.69, 9.17) is 11.6 Å². The van der Waals surface area contributed by atoms with Crippen LogP contribution in [0.5, 0.6) is 0 Å². The zero-order valence-electron chi connectivity index (χ0n) is 18.7. The first kappa shape index (κ1) is 23.5. The van der Waals surface area contributed by atoms with Crippen molar-refractivity contribution in [2.24, 2.45) is 7.05 Å². The first-order chi connectivity index (χ1) is 15.2. The molecule has 3 aromatic rings. The average Bonchev–Trinajstić information content (AvgIpc) is 3.03. The molecule has 0 aliphatic carbocycles. The molecule has 7 nitrogen and oxygen atoms in total. The topological polar surface area (TPSA) is 86.0 Å². The summed E-state index contributed by atoms with van der Waals surface area (Å²) in [6.45, 7) is 5.64. The quantitative estimate of drug-likeness (QED) is 0.529. The molecule has 0 fully saturated rings. The van der Waals surface area contributed by atoms with Crippen LogP contribution in [0.2, 0.25) is 5.02 Å². The maximum Gasteiger partial charge on any atom is 0.267 e. The van der Waals surface area contributed by atoms with Crippen molar-refractivity contribution in [3.8, 4) is 0 Å². The van der Waals surface area contributed by atoms with Gasteiger partial charge in [-0.1, -0.05) is 18.5 Å². The largest absolute Gasteiger partial charge is 0.352 e. The summed E-state index contributed by atoms with van der Waals surface area (Å²) in [6.07, 6.45) is 1.22. The summed E-state index contributed by atoms with van der Waals surface area (Å²) in [6, 6.07) is 11.8. The van der Waals surface area contributed by atoms with Crippen LogP contribution in [0, 0.1) is 6.92 Å². The number of carbonyl (C=O) groups is 2. The van der Waals surface area contributed by atoms with E-state index >= 15 is 0 Å². The summed E-state index contributed by atoms with van der Waals surface area (Å²) < 4.78 is 3.02. The van der Waals surface area contributed by atoms with Gasteiger partial charge < -0.3 is 9.88 Å². The molecule has 1 amide bonds. The van der Waals surface area contributed by atoms with Crippen LogP contribution in [-0.4, -0.2) is 32.1 Å². The van der Waals surface area contributed by atoms with Gasteiger partial charge in [-0.05, 0) is 62.2 Å². The molecule has 0 aliphatic heterocycles. The van der Waals surface area contributed by atoms with Gasteiger partial charge in [0, 0.05) is 41.9 Å². The van der Waals surface area contributed by atoms with E-state index in [9.17, 15) is 14.4 Å². The number of carbonyl (C=O) groups excluding carboxylic acids is 2. The number of hydrogen-bond acceptors (Lipinski definition) is 4. The minimum absolute atomic E-state index is 0.0318. The van der Waals surface area contributed by atoms with Crippen LogP contribution in [0.1, 0.15) is 53.3 Å². The Kier molecular flexibility index (Phi) is 7.30. The van der Waals surface area contributed by atoms with Crippen LogP contribution in [-0.2, 0) is 24.8 Å². The zero-order valence-corrected chi connectivity index (χ0v) is 19.4. The van der Waals surface area contributed by atoms with Crippen molar-refractivity contribution < 1.29 is 9.59 Å². The number of halogens is 1. The molecule has 3 rings (SSSR count). The van der Waals surface area contributed by atoms with Gasteiger partial charge in [0.25, 0.3) is 5.56 Å². The second-order valence-corrected chi connectivity index (χ2v) is 8.37. The summed E-state index contributed by atoms with van der Waals surface area (Å²) in [5.74, 6) is -0.343. The average molecular weight is 455 g/mol. The molecule has 1 aromatic carbocycles. The summed E-state index contributed by atoms with van der Waals surface area (Å²) >= 11 is 5.93. The third-order valence-electron chi connectivity index (χ3n) is 5.44. The van der Waals surface area contributed by atoms with E-state index in [0.717, 1.165) is 17.7 Å². The number of benzene rings is 1. The smallest absolute Gasteiger partial charge is 0.267 e. The lowest BCUT2D eigenvalue weighted by Gasteiger charge is -2.12. The fourth-order valence-electron chi connectivity index (χ4n) is 3.51. The Labute approximate surface area is 192 Å². The molecule has 0 spiro atoms. The number of aromatic nitrogens is 3. The molecule has 0 aliphatic rings. The van der Waals surface area contributed by atoms with E-state index in [1.807, 2.05) is 38.5 Å². The molecule has 1 N–H and O–H groups in total. The number of amides is 1. The molecule has 168 valence electrons. The zero-order chi connectivity index (χ0) is 23.4. The Balaban J connectivity index is 1.83. The number of hydrogen-bond donors (Lipinski definition) is 1. The van der Waals surface area contributed by atoms with E-state index in [1.54, 1.807) is 30.3 Å². The molecule has 32 heavy (non-hydrogen) atoms. The maximum atomic E-state index is 13.0. The number of nitrogens with one attached hydrogen (secondary N) is 1. The summed E-state index contributed by atoms with van der Waals surface area (Å²) in [7, 11) is 1.83. The van der Waals surface area contributed by atoms with Crippen LogP contribution in [0.3, 0.4) is 0 Å². The minimum Gasteiger partial charge on any atom is -0.352 e. The van der Waals surface area contributed by atoms with Crippen LogP contribution >= 0.6 is 11.6 Å². The van der Waals surface area contributed by atoms with Crippen molar-refractivity contribution in [2.75, 3.05) is 0 Å². The Morgan fingerprint density at radius 3 is 2.50 bits per heavy atom. The van der Waals surface area contributed by atoms with E-state index < -0.39 is 0 Å². The molecule has 0 bridgehead atoms. The highest BCUT2D eigenvalue weighted by molar-refractivity contribution is 6.30. The maximum absolute atomic E-state index is 13.0. The third kappa shape index (κ3) is 5.34. The predicted molar refractivity (Wildman–Crippen MR) is 124 cm³/mol. The molecule has 1 atom stereocenters. The lowest BCUT2D eigenvalue weighted by atomic mass is 10.1. The standard InChI is InChI=1S/C24H27ClN4O3/c1-5-16(3)26-21(30)14-29-22(31)11-10-19(27-29)13-20-12-15(2)23(28(20)4)24(32)17-6-8-18(25)9-7-17/h6-12,16H,5,13-14H2,1-4H3,(H,26,30)/t16-/m0/s1. The van der Waals surface area contributed by atoms with Crippen LogP contribution in [0.15, 0.2) is 47.3 Å². The van der Waals surface area contributed by atoms with Crippen LogP contribution in [0.4, 0.5) is 0 Å². The molecule has 0 radical (unpaired) electrons. The fraction of sp³-hybridized carbons (Fsp3) is 0.333. The molecule has 2 heterocycles. The number of nitrogens with zero attached hydrogens (tertiary/aromatic N) is 3. The van der Waals surface area contributed by atoms with E-state index in [0.29, 0.717) is 28.4 Å². The SMILES string of the molecule is CC[C@H](C)NC(=O)Cn1nc(Cc2cc(C)c(C(=O)c3ccc(Cl)cc3)n2C)ccc1=O. The number of ketones is 1. The molecule has 2 aromatic heterocycles. The van der Waals surface area contributed by atoms with Crippen molar-refractivity contribution in [1.29, 1.82) is 0 Å². The van der Waals surface area contributed by atoms with Gasteiger partial charge >= 0.3 is 0 Å². The Hall–Kier alpha value is -3.19. The predicted octanol–water partition coefficient (Wildman–Crippen LogP) is 3.28. The normalized spacial score (nSPS) is 11.9. The van der Waals surface area contributed by atoms with Crippen molar-refractivity contribution in [2.45, 2.75) is 46.2 Å². The third-order valence-corrected chi connectivity index (χ3v) is 5.69. The first-order valence-corrected chi connectivity index (χ1v) is 10.9. The van der Waals surface area contributed by atoms with Gasteiger partial charge in [0.05, 0.1) is 11.4 Å². The van der Waals surface area contributed by atoms with E-state index in [1.165, 1.54) is 10.7 Å². The van der Waals surface area contributed by atoms with Gasteiger partial charge in [-0.15, -0.1) is 0 Å². The Morgan fingerprint density at radius 1 is 1.16 bits per heavy atom. The molecular weight excluding hydrogens is 428 g/mol. The van der Waals surface area contributed by atoms with Crippen molar-refractivity contribution in [3.63, 3.8) is 0 Å². The molecule has 0 unspecified atom stereocenters. The van der Waals surface area contributed by atoms with Crippen molar-refractivity contribution in [3.05, 3.63) is 86.0 Å². The van der Waals surface area contributed by atoms with Crippen LogP contribution < -0.4 is 10.9 Å². The second-order valence-electron chi connectivity index (χ2n) is 7.94. The van der Waals surface area contributed by atoms with E-state index in [2.05, 4.69) is 10.4 Å². The van der Waals surface area contributed by atoms with Crippen LogP contribution in [0.25, 0.3) is 0 Å². The fourth-order valence-corrected chi connectivity index (χ4v) is 3.63.